The number of likely N-dealkylation sites (tertiary alicyclic amines) is 1. The van der Waals surface area contributed by atoms with Crippen molar-refractivity contribution in [2.75, 3.05) is 18.8 Å². The molecule has 0 aromatic carbocycles. The topological polar surface area (TPSA) is 91.1 Å². The fourth-order valence-corrected chi connectivity index (χ4v) is 3.75. The molecule has 1 aliphatic heterocycles. The molecule has 1 unspecified atom stereocenters. The van der Waals surface area contributed by atoms with Crippen LogP contribution in [0.4, 0.5) is 5.82 Å². The Kier molecular flexibility index (Phi) is 4.31. The summed E-state index contributed by atoms with van der Waals surface area (Å²) in [7, 11) is 0. The highest BCUT2D eigenvalue weighted by Gasteiger charge is 2.35. The van der Waals surface area contributed by atoms with Gasteiger partial charge in [-0.2, -0.15) is 0 Å². The molecule has 0 radical (unpaired) electrons. The monoisotopic (exact) mass is 303 g/mol. The molecule has 2 aromatic heterocycles. The highest BCUT2D eigenvalue weighted by atomic mass is 16.3. The number of fused-ring (bicyclic) bond motifs is 1. The minimum absolute atomic E-state index is 0.227. The number of nitrogens with two attached hydrogens (primary N) is 1. The molecule has 22 heavy (non-hydrogen) atoms. The summed E-state index contributed by atoms with van der Waals surface area (Å²) in [6.07, 6.45) is 5.48. The van der Waals surface area contributed by atoms with Crippen molar-refractivity contribution in [1.29, 1.82) is 0 Å². The summed E-state index contributed by atoms with van der Waals surface area (Å²) in [4.78, 5) is 13.8. The van der Waals surface area contributed by atoms with Crippen LogP contribution in [-0.2, 0) is 6.54 Å². The number of aliphatic hydroxyl groups is 1. The fraction of sp³-hybridized carbons (Fsp3) is 0.625. The second-order valence-corrected chi connectivity index (χ2v) is 6.30. The Morgan fingerprint density at radius 1 is 1.36 bits per heavy atom. The van der Waals surface area contributed by atoms with Crippen LogP contribution < -0.4 is 5.73 Å². The minimum atomic E-state index is -0.227. The van der Waals surface area contributed by atoms with Gasteiger partial charge in [-0.15, -0.1) is 0 Å². The number of hydrogen-bond donors (Lipinski definition) is 3. The number of hydrogen-bond acceptors (Lipinski definition) is 5. The third-order valence-corrected chi connectivity index (χ3v) is 5.03. The van der Waals surface area contributed by atoms with Crippen LogP contribution >= 0.6 is 0 Å². The van der Waals surface area contributed by atoms with Crippen LogP contribution in [0.2, 0.25) is 0 Å². The first-order valence-corrected chi connectivity index (χ1v) is 8.10. The second kappa shape index (κ2) is 6.22. The molecule has 0 aliphatic carbocycles. The molecule has 6 heteroatoms. The Balaban J connectivity index is 1.75. The molecule has 0 spiro atoms. The zero-order valence-corrected chi connectivity index (χ0v) is 13.3. The van der Waals surface area contributed by atoms with Crippen LogP contribution in [0.5, 0.6) is 0 Å². The molecule has 2 aromatic rings. The van der Waals surface area contributed by atoms with E-state index >= 15 is 0 Å². The number of nitrogens with one attached hydrogen (secondary N) is 1. The first kappa shape index (κ1) is 15.2. The molecule has 1 saturated heterocycles. The van der Waals surface area contributed by atoms with Gasteiger partial charge in [-0.05, 0) is 5.92 Å². The summed E-state index contributed by atoms with van der Waals surface area (Å²) in [6.45, 7) is 6.88. The van der Waals surface area contributed by atoms with Gasteiger partial charge in [-0.25, -0.2) is 9.97 Å². The van der Waals surface area contributed by atoms with E-state index in [2.05, 4.69) is 33.7 Å². The van der Waals surface area contributed by atoms with Gasteiger partial charge in [-0.1, -0.05) is 26.7 Å². The van der Waals surface area contributed by atoms with Crippen molar-refractivity contribution in [3.8, 4) is 0 Å². The summed E-state index contributed by atoms with van der Waals surface area (Å²) in [6, 6.07) is 0. The standard InChI is InChI=1S/C16H25N5O/c1-3-10(4-2)12-7-21(8-13(12)22)6-11-5-18-15-14(11)19-9-20-16(15)17/h5,9-10,12-13,18,22H,3-4,6-8H2,1-2H3,(H2,17,19,20)/t12-,13?/m1/s1. The number of H-pyrrole nitrogens is 1. The lowest BCUT2D eigenvalue weighted by molar-refractivity contribution is 0.108. The van der Waals surface area contributed by atoms with E-state index in [9.17, 15) is 5.11 Å². The number of aromatic nitrogens is 3. The van der Waals surface area contributed by atoms with E-state index in [-0.39, 0.29) is 6.10 Å². The van der Waals surface area contributed by atoms with E-state index in [0.29, 0.717) is 17.7 Å². The van der Waals surface area contributed by atoms with Crippen molar-refractivity contribution in [3.05, 3.63) is 18.1 Å². The third kappa shape index (κ3) is 2.68. The van der Waals surface area contributed by atoms with Crippen molar-refractivity contribution in [3.63, 3.8) is 0 Å². The van der Waals surface area contributed by atoms with E-state index in [1.165, 1.54) is 6.33 Å². The SMILES string of the molecule is CCC(CC)[C@H]1CN(Cc2c[nH]c3c(N)ncnc23)CC1O. The zero-order valence-electron chi connectivity index (χ0n) is 13.3. The van der Waals surface area contributed by atoms with Crippen molar-refractivity contribution < 1.29 is 5.11 Å². The van der Waals surface area contributed by atoms with E-state index in [1.54, 1.807) is 0 Å². The Hall–Kier alpha value is -1.66. The Labute approximate surface area is 130 Å². The van der Waals surface area contributed by atoms with Crippen LogP contribution in [0.3, 0.4) is 0 Å². The molecule has 6 nitrogen and oxygen atoms in total. The molecule has 1 aliphatic rings. The number of nitrogen functional groups attached to an aromatic ring is 1. The highest BCUT2D eigenvalue weighted by Crippen LogP contribution is 2.31. The summed E-state index contributed by atoms with van der Waals surface area (Å²) in [5.41, 5.74) is 8.66. The third-order valence-electron chi connectivity index (χ3n) is 5.03. The van der Waals surface area contributed by atoms with Gasteiger partial charge in [-0.3, -0.25) is 4.90 Å². The molecule has 120 valence electrons. The van der Waals surface area contributed by atoms with Crippen LogP contribution in [0, 0.1) is 11.8 Å². The molecule has 0 bridgehead atoms. The average Bonchev–Trinajstić information content (AvgIpc) is 3.07. The number of rotatable bonds is 5. The van der Waals surface area contributed by atoms with Gasteiger partial charge in [0.1, 0.15) is 11.8 Å². The van der Waals surface area contributed by atoms with Crippen LogP contribution in [0.1, 0.15) is 32.3 Å². The molecule has 4 N–H and O–H groups in total. The smallest absolute Gasteiger partial charge is 0.151 e. The van der Waals surface area contributed by atoms with Gasteiger partial charge < -0.3 is 15.8 Å². The zero-order chi connectivity index (χ0) is 15.7. The predicted molar refractivity (Wildman–Crippen MR) is 87.1 cm³/mol. The van der Waals surface area contributed by atoms with Gasteiger partial charge in [0.15, 0.2) is 5.82 Å². The molecule has 0 amide bonds. The average molecular weight is 303 g/mol. The largest absolute Gasteiger partial charge is 0.391 e. The van der Waals surface area contributed by atoms with E-state index < -0.39 is 0 Å². The Morgan fingerprint density at radius 2 is 2.14 bits per heavy atom. The number of anilines is 1. The van der Waals surface area contributed by atoms with Gasteiger partial charge in [0.25, 0.3) is 0 Å². The van der Waals surface area contributed by atoms with E-state index in [1.807, 2.05) is 6.20 Å². The van der Waals surface area contributed by atoms with Gasteiger partial charge >= 0.3 is 0 Å². The second-order valence-electron chi connectivity index (χ2n) is 6.30. The minimum Gasteiger partial charge on any atom is -0.391 e. The van der Waals surface area contributed by atoms with E-state index in [4.69, 9.17) is 5.73 Å². The van der Waals surface area contributed by atoms with Crippen molar-refractivity contribution >= 4 is 16.9 Å². The highest BCUT2D eigenvalue weighted by molar-refractivity contribution is 5.86. The number of aliphatic hydroxyl groups excluding tert-OH is 1. The number of β-amino-alcohol motifs (C(OH)–C–C–N with tert-alkyl or cyclic N) is 1. The first-order chi connectivity index (χ1) is 10.6. The lowest BCUT2D eigenvalue weighted by Crippen LogP contribution is -2.25. The number of nitrogens with zero attached hydrogens (tertiary/aromatic N) is 3. The fourth-order valence-electron chi connectivity index (χ4n) is 3.75. The maximum Gasteiger partial charge on any atom is 0.151 e. The normalized spacial score (nSPS) is 22.9. The predicted octanol–water partition coefficient (Wildman–Crippen LogP) is 1.77. The van der Waals surface area contributed by atoms with Crippen molar-refractivity contribution in [2.45, 2.75) is 39.3 Å². The van der Waals surface area contributed by atoms with Crippen LogP contribution in [0.25, 0.3) is 11.0 Å². The molecule has 1 fully saturated rings. The molecule has 2 atom stereocenters. The Bertz CT molecular complexity index is 636. The molecular weight excluding hydrogens is 278 g/mol. The summed E-state index contributed by atoms with van der Waals surface area (Å²) >= 11 is 0. The maximum absolute atomic E-state index is 10.4. The molecule has 0 saturated carbocycles. The van der Waals surface area contributed by atoms with E-state index in [0.717, 1.165) is 49.1 Å². The summed E-state index contributed by atoms with van der Waals surface area (Å²) in [5.74, 6) is 1.45. The number of aromatic amines is 1. The van der Waals surface area contributed by atoms with Crippen LogP contribution in [0.15, 0.2) is 12.5 Å². The summed E-state index contributed by atoms with van der Waals surface area (Å²) in [5, 5.41) is 10.4. The summed E-state index contributed by atoms with van der Waals surface area (Å²) < 4.78 is 0. The van der Waals surface area contributed by atoms with Crippen LogP contribution in [-0.4, -0.2) is 44.2 Å². The van der Waals surface area contributed by atoms with Gasteiger partial charge in [0.2, 0.25) is 0 Å². The Morgan fingerprint density at radius 3 is 2.86 bits per heavy atom. The quantitative estimate of drug-likeness (QED) is 0.783. The van der Waals surface area contributed by atoms with Crippen molar-refractivity contribution in [1.82, 2.24) is 19.9 Å². The lowest BCUT2D eigenvalue weighted by Gasteiger charge is -2.23. The van der Waals surface area contributed by atoms with Crippen molar-refractivity contribution in [2.24, 2.45) is 11.8 Å². The molecular formula is C16H25N5O. The molecule has 3 rings (SSSR count). The van der Waals surface area contributed by atoms with Gasteiger partial charge in [0, 0.05) is 37.3 Å². The first-order valence-electron chi connectivity index (χ1n) is 8.10. The molecule has 3 heterocycles. The maximum atomic E-state index is 10.4. The van der Waals surface area contributed by atoms with Gasteiger partial charge in [0.05, 0.1) is 11.6 Å². The lowest BCUT2D eigenvalue weighted by atomic mass is 9.86.